The number of piperidine rings is 1. The molecule has 1 aliphatic heterocycles. The van der Waals surface area contributed by atoms with Crippen LogP contribution in [-0.2, 0) is 22.2 Å². The van der Waals surface area contributed by atoms with Crippen LogP contribution in [0.2, 0.25) is 0 Å². The molecule has 0 aliphatic carbocycles. The summed E-state index contributed by atoms with van der Waals surface area (Å²) in [7, 11) is -3.38. The highest BCUT2D eigenvalue weighted by molar-refractivity contribution is 7.88. The zero-order chi connectivity index (χ0) is 21.1. The average Bonchev–Trinajstić information content (AvgIpc) is 3.09. The molecule has 1 aliphatic rings. The number of hydrogen-bond donors (Lipinski definition) is 1. The first-order valence-electron chi connectivity index (χ1n) is 9.87. The van der Waals surface area contributed by atoms with E-state index in [-0.39, 0.29) is 17.4 Å². The van der Waals surface area contributed by atoms with E-state index >= 15 is 0 Å². The van der Waals surface area contributed by atoms with Crippen molar-refractivity contribution in [1.82, 2.24) is 19.1 Å². The van der Waals surface area contributed by atoms with E-state index < -0.39 is 21.5 Å². The normalized spacial score (nSPS) is 16.0. The first-order valence-corrected chi connectivity index (χ1v) is 11.5. The molecule has 4 rings (SSSR count). The van der Waals surface area contributed by atoms with Gasteiger partial charge in [-0.15, -0.1) is 0 Å². The van der Waals surface area contributed by atoms with Crippen LogP contribution in [0.4, 0.5) is 4.39 Å². The van der Waals surface area contributed by atoms with Gasteiger partial charge in [0.15, 0.2) is 0 Å². The Morgan fingerprint density at radius 3 is 2.40 bits per heavy atom. The fourth-order valence-corrected chi connectivity index (χ4v) is 5.44. The number of H-pyrrole nitrogens is 1. The number of sulfonamides is 1. The van der Waals surface area contributed by atoms with Crippen LogP contribution < -0.4 is 5.69 Å². The van der Waals surface area contributed by atoms with Gasteiger partial charge in [-0.25, -0.2) is 31.6 Å². The maximum atomic E-state index is 14.2. The molecule has 0 radical (unpaired) electrons. The Bertz CT molecular complexity index is 1170. The Balaban J connectivity index is 1.43. The summed E-state index contributed by atoms with van der Waals surface area (Å²) in [5, 5.41) is 6.48. The van der Waals surface area contributed by atoms with Gasteiger partial charge >= 0.3 is 5.69 Å². The molecular formula is C21H23FN4O3S. The molecule has 30 heavy (non-hydrogen) atoms. The minimum atomic E-state index is -3.38. The first kappa shape index (κ1) is 20.5. The van der Waals surface area contributed by atoms with Crippen LogP contribution in [0.3, 0.4) is 0 Å². The summed E-state index contributed by atoms with van der Waals surface area (Å²) in [6, 6.07) is 15.2. The molecule has 0 spiro atoms. The second kappa shape index (κ2) is 8.53. The number of benzene rings is 2. The van der Waals surface area contributed by atoms with Crippen molar-refractivity contribution in [1.29, 1.82) is 0 Å². The van der Waals surface area contributed by atoms with Gasteiger partial charge in [0.25, 0.3) is 0 Å². The third-order valence-corrected chi connectivity index (χ3v) is 7.32. The van der Waals surface area contributed by atoms with Crippen molar-refractivity contribution in [2.24, 2.45) is 5.92 Å². The lowest BCUT2D eigenvalue weighted by Gasteiger charge is -2.31. The van der Waals surface area contributed by atoms with Crippen molar-refractivity contribution in [3.8, 4) is 5.69 Å². The molecule has 7 nitrogen and oxygen atoms in total. The number of nitrogens with one attached hydrogen (secondary N) is 1. The summed E-state index contributed by atoms with van der Waals surface area (Å²) in [6.07, 6.45) is 1.79. The molecule has 158 valence electrons. The molecule has 2 heterocycles. The number of para-hydroxylation sites is 1. The average molecular weight is 431 g/mol. The second-order valence-electron chi connectivity index (χ2n) is 7.52. The second-order valence-corrected chi connectivity index (χ2v) is 9.49. The van der Waals surface area contributed by atoms with E-state index in [1.165, 1.54) is 21.0 Å². The summed E-state index contributed by atoms with van der Waals surface area (Å²) < 4.78 is 42.4. The van der Waals surface area contributed by atoms with Crippen molar-refractivity contribution in [3.63, 3.8) is 0 Å². The SMILES string of the molecule is O=c1[nH]nc(CC2CCN(S(=O)(=O)Cc3ccccc3)CC2)n1-c1ccccc1F. The quantitative estimate of drug-likeness (QED) is 0.651. The van der Waals surface area contributed by atoms with Gasteiger partial charge in [0, 0.05) is 19.5 Å². The highest BCUT2D eigenvalue weighted by Gasteiger charge is 2.29. The number of rotatable bonds is 6. The van der Waals surface area contributed by atoms with Crippen LogP contribution in [0.5, 0.6) is 0 Å². The molecule has 0 saturated carbocycles. The van der Waals surface area contributed by atoms with E-state index in [2.05, 4.69) is 10.2 Å². The molecule has 3 aromatic rings. The fourth-order valence-electron chi connectivity index (χ4n) is 3.87. The largest absolute Gasteiger partial charge is 0.348 e. The summed E-state index contributed by atoms with van der Waals surface area (Å²) in [5.74, 6) is 0.110. The molecule has 0 amide bonds. The van der Waals surface area contributed by atoms with E-state index in [0.717, 1.165) is 5.56 Å². The lowest BCUT2D eigenvalue weighted by molar-refractivity contribution is 0.269. The highest BCUT2D eigenvalue weighted by Crippen LogP contribution is 2.25. The van der Waals surface area contributed by atoms with Gasteiger partial charge in [-0.3, -0.25) is 0 Å². The van der Waals surface area contributed by atoms with E-state index in [4.69, 9.17) is 0 Å². The van der Waals surface area contributed by atoms with Crippen LogP contribution >= 0.6 is 0 Å². The lowest BCUT2D eigenvalue weighted by atomic mass is 9.94. The minimum Gasteiger partial charge on any atom is -0.246 e. The smallest absolute Gasteiger partial charge is 0.246 e. The Labute approximate surface area is 174 Å². The van der Waals surface area contributed by atoms with Gasteiger partial charge in [0.1, 0.15) is 11.6 Å². The van der Waals surface area contributed by atoms with Crippen molar-refractivity contribution >= 4 is 10.0 Å². The number of nitrogens with zero attached hydrogens (tertiary/aromatic N) is 3. The van der Waals surface area contributed by atoms with E-state index in [9.17, 15) is 17.6 Å². The number of hydrogen-bond acceptors (Lipinski definition) is 4. The lowest BCUT2D eigenvalue weighted by Crippen LogP contribution is -2.39. The first-order chi connectivity index (χ1) is 14.4. The van der Waals surface area contributed by atoms with Crippen LogP contribution in [0.15, 0.2) is 59.4 Å². The Morgan fingerprint density at radius 1 is 1.03 bits per heavy atom. The number of halogens is 1. The minimum absolute atomic E-state index is 0.00923. The van der Waals surface area contributed by atoms with Crippen LogP contribution in [0, 0.1) is 11.7 Å². The van der Waals surface area contributed by atoms with Gasteiger partial charge < -0.3 is 0 Å². The molecule has 9 heteroatoms. The Kier molecular flexibility index (Phi) is 5.83. The summed E-state index contributed by atoms with van der Waals surface area (Å²) in [5.41, 5.74) is 0.442. The van der Waals surface area contributed by atoms with E-state index in [1.807, 2.05) is 30.3 Å². The van der Waals surface area contributed by atoms with Crippen molar-refractivity contribution < 1.29 is 12.8 Å². The Morgan fingerprint density at radius 2 is 1.70 bits per heavy atom. The topological polar surface area (TPSA) is 88.1 Å². The maximum absolute atomic E-state index is 14.2. The monoisotopic (exact) mass is 430 g/mol. The van der Waals surface area contributed by atoms with E-state index in [0.29, 0.717) is 38.2 Å². The van der Waals surface area contributed by atoms with Crippen LogP contribution in [0.25, 0.3) is 5.69 Å². The van der Waals surface area contributed by atoms with Crippen molar-refractivity contribution in [2.45, 2.75) is 25.0 Å². The summed E-state index contributed by atoms with van der Waals surface area (Å²) in [6.45, 7) is 0.850. The van der Waals surface area contributed by atoms with Gasteiger partial charge in [0.05, 0.1) is 11.4 Å². The Hall–Kier alpha value is -2.78. The van der Waals surface area contributed by atoms with E-state index in [1.54, 1.807) is 12.1 Å². The molecule has 1 saturated heterocycles. The molecule has 0 bridgehead atoms. The molecule has 2 aromatic carbocycles. The standard InChI is InChI=1S/C21H23FN4O3S/c22-18-8-4-5-9-19(18)26-20(23-24-21(26)27)14-16-10-12-25(13-11-16)30(28,29)15-17-6-2-1-3-7-17/h1-9,16H,10-15H2,(H,24,27). The maximum Gasteiger partial charge on any atom is 0.348 e. The predicted octanol–water partition coefficient (Wildman–Crippen LogP) is 2.48. The van der Waals surface area contributed by atoms with Gasteiger partial charge in [0.2, 0.25) is 10.0 Å². The predicted molar refractivity (Wildman–Crippen MR) is 111 cm³/mol. The molecular weight excluding hydrogens is 407 g/mol. The van der Waals surface area contributed by atoms with Crippen LogP contribution in [0.1, 0.15) is 24.2 Å². The molecule has 1 N–H and O–H groups in total. The van der Waals surface area contributed by atoms with Crippen molar-refractivity contribution in [2.75, 3.05) is 13.1 Å². The van der Waals surface area contributed by atoms with Gasteiger partial charge in [-0.05, 0) is 36.5 Å². The molecule has 1 fully saturated rings. The van der Waals surface area contributed by atoms with Gasteiger partial charge in [-0.2, -0.15) is 5.10 Å². The molecule has 0 unspecified atom stereocenters. The fraction of sp³-hybridized carbons (Fsp3) is 0.333. The van der Waals surface area contributed by atoms with Gasteiger partial charge in [-0.1, -0.05) is 42.5 Å². The third-order valence-electron chi connectivity index (χ3n) is 5.47. The summed E-state index contributed by atoms with van der Waals surface area (Å²) in [4.78, 5) is 12.2. The third kappa shape index (κ3) is 4.36. The zero-order valence-corrected chi connectivity index (χ0v) is 17.2. The van der Waals surface area contributed by atoms with Crippen LogP contribution in [-0.4, -0.2) is 40.6 Å². The highest BCUT2D eigenvalue weighted by atomic mass is 32.2. The summed E-state index contributed by atoms with van der Waals surface area (Å²) >= 11 is 0. The number of aromatic amines is 1. The molecule has 0 atom stereocenters. The molecule has 1 aromatic heterocycles. The zero-order valence-electron chi connectivity index (χ0n) is 16.4. The number of aromatic nitrogens is 3. The van der Waals surface area contributed by atoms with Crippen molar-refractivity contribution in [3.05, 3.63) is 82.3 Å².